The minimum Gasteiger partial charge on any atom is -0.324 e. The Hall–Kier alpha value is -0.0800. The average Bonchev–Trinajstić information content (AvgIpc) is 2.66. The molecule has 1 aliphatic rings. The maximum atomic E-state index is 2.40. The van der Waals surface area contributed by atoms with Crippen molar-refractivity contribution in [2.45, 2.75) is 86.5 Å². The second kappa shape index (κ2) is 10.2. The van der Waals surface area contributed by atoms with Crippen LogP contribution >= 0.6 is 0 Å². The zero-order chi connectivity index (χ0) is 18.1. The van der Waals surface area contributed by atoms with E-state index in [9.17, 15) is 0 Å². The van der Waals surface area contributed by atoms with Gasteiger partial charge in [-0.2, -0.15) is 0 Å². The van der Waals surface area contributed by atoms with Crippen LogP contribution in [-0.2, 0) is 0 Å². The molecule has 0 amide bonds. The number of quaternary nitrogens is 2. The smallest absolute Gasteiger partial charge is 0.0791 e. The molecule has 0 radical (unpaired) electrons. The minimum absolute atomic E-state index is 0.657. The Morgan fingerprint density at radius 3 is 1.17 bits per heavy atom. The van der Waals surface area contributed by atoms with Crippen LogP contribution in [0.15, 0.2) is 0 Å². The third kappa shape index (κ3) is 5.46. The topological polar surface area (TPSA) is 0 Å². The number of rotatable bonds is 12. The zero-order valence-electron chi connectivity index (χ0n) is 18.0. The van der Waals surface area contributed by atoms with Crippen molar-refractivity contribution in [3.63, 3.8) is 0 Å². The highest BCUT2D eigenvalue weighted by molar-refractivity contribution is 4.83. The van der Waals surface area contributed by atoms with Crippen molar-refractivity contribution >= 4 is 0 Å². The molecule has 0 N–H and O–H groups in total. The predicted octanol–water partition coefficient (Wildman–Crippen LogP) is 5.47. The van der Waals surface area contributed by atoms with Gasteiger partial charge in [0.1, 0.15) is 0 Å². The maximum absolute atomic E-state index is 2.40. The summed E-state index contributed by atoms with van der Waals surface area (Å²) in [6.07, 6.45) is 10.4. The standard InChI is InChI=1S/C22H48N2/c1-7-23(8-2,9-3)20-18-22(16-14-13-15-17-22)19-21-24(10-4,11-5)12-6/h7-21H2,1-6H3/q+2. The summed E-state index contributed by atoms with van der Waals surface area (Å²) >= 11 is 0. The summed E-state index contributed by atoms with van der Waals surface area (Å²) in [6.45, 7) is 25.0. The number of nitrogens with zero attached hydrogens (tertiary/aromatic N) is 2. The van der Waals surface area contributed by atoms with Gasteiger partial charge in [-0.3, -0.25) is 0 Å². The molecular weight excluding hydrogens is 292 g/mol. The van der Waals surface area contributed by atoms with Gasteiger partial charge in [-0.15, -0.1) is 0 Å². The largest absolute Gasteiger partial charge is 0.324 e. The molecule has 1 aliphatic carbocycles. The SMILES string of the molecule is CC[N+](CC)(CC)CCC1(CC[N+](CC)(CC)CC)CCCCC1. The summed E-state index contributed by atoms with van der Waals surface area (Å²) in [4.78, 5) is 0. The molecule has 24 heavy (non-hydrogen) atoms. The van der Waals surface area contributed by atoms with E-state index in [-0.39, 0.29) is 0 Å². The van der Waals surface area contributed by atoms with E-state index in [1.54, 1.807) is 0 Å². The molecule has 144 valence electrons. The van der Waals surface area contributed by atoms with Crippen molar-refractivity contribution in [2.75, 3.05) is 52.4 Å². The van der Waals surface area contributed by atoms with E-state index >= 15 is 0 Å². The van der Waals surface area contributed by atoms with Gasteiger partial charge in [0.05, 0.1) is 52.4 Å². The van der Waals surface area contributed by atoms with Gasteiger partial charge in [0, 0.05) is 12.8 Å². The molecule has 1 saturated carbocycles. The van der Waals surface area contributed by atoms with Gasteiger partial charge in [0.25, 0.3) is 0 Å². The van der Waals surface area contributed by atoms with Gasteiger partial charge in [-0.1, -0.05) is 19.3 Å². The minimum atomic E-state index is 0.657. The van der Waals surface area contributed by atoms with Crippen LogP contribution in [-0.4, -0.2) is 61.3 Å². The van der Waals surface area contributed by atoms with Gasteiger partial charge < -0.3 is 8.97 Å². The average molecular weight is 341 g/mol. The van der Waals surface area contributed by atoms with Crippen molar-refractivity contribution in [3.05, 3.63) is 0 Å². The Morgan fingerprint density at radius 1 is 0.542 bits per heavy atom. The van der Waals surface area contributed by atoms with Crippen LogP contribution in [0.1, 0.15) is 86.5 Å². The Bertz CT molecular complexity index is 280. The summed E-state index contributed by atoms with van der Waals surface area (Å²) < 4.78 is 2.66. The van der Waals surface area contributed by atoms with E-state index in [1.165, 1.54) is 106 Å². The fraction of sp³-hybridized carbons (Fsp3) is 1.00. The summed E-state index contributed by atoms with van der Waals surface area (Å²) in [5.41, 5.74) is 0.657. The van der Waals surface area contributed by atoms with Crippen LogP contribution in [0.3, 0.4) is 0 Å². The van der Waals surface area contributed by atoms with Gasteiger partial charge in [-0.25, -0.2) is 0 Å². The third-order valence-electron chi connectivity index (χ3n) is 8.17. The van der Waals surface area contributed by atoms with Gasteiger partial charge in [0.15, 0.2) is 0 Å². The summed E-state index contributed by atoms with van der Waals surface area (Å²) in [6, 6.07) is 0. The first-order valence-electron chi connectivity index (χ1n) is 11.2. The van der Waals surface area contributed by atoms with Crippen LogP contribution < -0.4 is 0 Å². The molecule has 0 saturated heterocycles. The highest BCUT2D eigenvalue weighted by Gasteiger charge is 2.37. The molecule has 1 fully saturated rings. The molecule has 0 unspecified atom stereocenters. The van der Waals surface area contributed by atoms with E-state index in [0.29, 0.717) is 5.41 Å². The lowest BCUT2D eigenvalue weighted by atomic mass is 9.69. The van der Waals surface area contributed by atoms with Crippen LogP contribution in [0, 0.1) is 5.41 Å². The van der Waals surface area contributed by atoms with E-state index in [2.05, 4.69) is 41.5 Å². The molecular formula is C22H48N2+2. The Kier molecular flexibility index (Phi) is 9.30. The monoisotopic (exact) mass is 340 g/mol. The molecule has 0 aliphatic heterocycles. The summed E-state index contributed by atoms with van der Waals surface area (Å²) in [5.74, 6) is 0. The zero-order valence-corrected chi connectivity index (χ0v) is 18.0. The molecule has 0 atom stereocenters. The molecule has 2 nitrogen and oxygen atoms in total. The van der Waals surface area contributed by atoms with Crippen molar-refractivity contribution in [1.82, 2.24) is 0 Å². The molecule has 2 heteroatoms. The second-order valence-electron chi connectivity index (χ2n) is 8.59. The Labute approximate surface area is 153 Å². The summed E-state index contributed by atoms with van der Waals surface area (Å²) in [7, 11) is 0. The van der Waals surface area contributed by atoms with Gasteiger partial charge in [-0.05, 0) is 59.8 Å². The number of hydrogen-bond donors (Lipinski definition) is 0. The molecule has 0 bridgehead atoms. The fourth-order valence-electron chi connectivity index (χ4n) is 5.17. The summed E-state index contributed by atoms with van der Waals surface area (Å²) in [5, 5.41) is 0. The van der Waals surface area contributed by atoms with Crippen molar-refractivity contribution in [2.24, 2.45) is 5.41 Å². The van der Waals surface area contributed by atoms with Gasteiger partial charge in [0.2, 0.25) is 0 Å². The van der Waals surface area contributed by atoms with Gasteiger partial charge >= 0.3 is 0 Å². The van der Waals surface area contributed by atoms with Crippen LogP contribution in [0.2, 0.25) is 0 Å². The second-order valence-corrected chi connectivity index (χ2v) is 8.59. The van der Waals surface area contributed by atoms with Crippen LogP contribution in [0.4, 0.5) is 0 Å². The van der Waals surface area contributed by atoms with Crippen LogP contribution in [0.25, 0.3) is 0 Å². The van der Waals surface area contributed by atoms with Crippen LogP contribution in [0.5, 0.6) is 0 Å². The molecule has 0 aromatic heterocycles. The highest BCUT2D eigenvalue weighted by atomic mass is 15.3. The highest BCUT2D eigenvalue weighted by Crippen LogP contribution is 2.43. The normalized spacial score (nSPS) is 18.8. The van der Waals surface area contributed by atoms with E-state index in [1.807, 2.05) is 0 Å². The lowest BCUT2D eigenvalue weighted by Gasteiger charge is -2.45. The maximum Gasteiger partial charge on any atom is 0.0791 e. The first-order valence-corrected chi connectivity index (χ1v) is 11.2. The molecule has 0 aromatic carbocycles. The Morgan fingerprint density at radius 2 is 0.875 bits per heavy atom. The van der Waals surface area contributed by atoms with E-state index in [4.69, 9.17) is 0 Å². The fourth-order valence-corrected chi connectivity index (χ4v) is 5.17. The van der Waals surface area contributed by atoms with Crippen molar-refractivity contribution in [1.29, 1.82) is 0 Å². The van der Waals surface area contributed by atoms with Crippen molar-refractivity contribution < 1.29 is 8.97 Å². The number of hydrogen-bond acceptors (Lipinski definition) is 0. The Balaban J connectivity index is 2.79. The first-order chi connectivity index (χ1) is 11.5. The molecule has 1 rings (SSSR count). The lowest BCUT2D eigenvalue weighted by Crippen LogP contribution is -2.51. The lowest BCUT2D eigenvalue weighted by molar-refractivity contribution is -0.926. The first kappa shape index (κ1) is 22.0. The van der Waals surface area contributed by atoms with E-state index < -0.39 is 0 Å². The molecule has 0 heterocycles. The van der Waals surface area contributed by atoms with Crippen molar-refractivity contribution in [3.8, 4) is 0 Å². The molecule has 0 aromatic rings. The third-order valence-corrected chi connectivity index (χ3v) is 8.17. The quantitative estimate of drug-likeness (QED) is 0.413. The molecule has 0 spiro atoms. The van der Waals surface area contributed by atoms with E-state index in [0.717, 1.165) is 0 Å². The predicted molar refractivity (Wildman–Crippen MR) is 108 cm³/mol.